The summed E-state index contributed by atoms with van der Waals surface area (Å²) in [7, 11) is 0. The van der Waals surface area contributed by atoms with E-state index in [9.17, 15) is 5.11 Å². The van der Waals surface area contributed by atoms with E-state index in [1.165, 1.54) is 0 Å². The molecule has 2 rings (SSSR count). The zero-order valence-electron chi connectivity index (χ0n) is 13.6. The summed E-state index contributed by atoms with van der Waals surface area (Å²) < 4.78 is 11.3. The highest BCUT2D eigenvalue weighted by Crippen LogP contribution is 2.29. The van der Waals surface area contributed by atoms with Crippen LogP contribution in [0.3, 0.4) is 0 Å². The Bertz CT molecular complexity index is 526. The van der Waals surface area contributed by atoms with Crippen LogP contribution >= 0.6 is 0 Å². The van der Waals surface area contributed by atoms with Crippen LogP contribution in [-0.2, 0) is 14.5 Å². The van der Waals surface area contributed by atoms with Crippen LogP contribution in [0.25, 0.3) is 5.57 Å². The highest BCUT2D eigenvalue weighted by molar-refractivity contribution is 5.68. The van der Waals surface area contributed by atoms with Crippen molar-refractivity contribution in [1.29, 1.82) is 0 Å². The van der Waals surface area contributed by atoms with Crippen LogP contribution in [0.4, 0.5) is 0 Å². The van der Waals surface area contributed by atoms with Gasteiger partial charge in [-0.1, -0.05) is 18.7 Å². The number of aliphatic hydroxyl groups is 1. The third-order valence-corrected chi connectivity index (χ3v) is 3.32. The second-order valence-electron chi connectivity index (χ2n) is 6.45. The fourth-order valence-corrected chi connectivity index (χ4v) is 1.96. The minimum atomic E-state index is -0.743. The van der Waals surface area contributed by atoms with Crippen molar-refractivity contribution in [3.05, 3.63) is 36.4 Å². The summed E-state index contributed by atoms with van der Waals surface area (Å²) in [4.78, 5) is 10.6. The number of hydrogen-bond donors (Lipinski definition) is 1. The predicted molar refractivity (Wildman–Crippen MR) is 83.3 cm³/mol. The lowest BCUT2D eigenvalue weighted by molar-refractivity contribution is -0.467. The maximum Gasteiger partial charge on any atom is 0.196 e. The molecule has 22 heavy (non-hydrogen) atoms. The molecule has 1 fully saturated rings. The summed E-state index contributed by atoms with van der Waals surface area (Å²) in [5.41, 5.74) is 0.989. The largest absolute Gasteiger partial charge is 0.485 e. The first-order valence-corrected chi connectivity index (χ1v) is 7.30. The fourth-order valence-electron chi connectivity index (χ4n) is 1.96. The summed E-state index contributed by atoms with van der Waals surface area (Å²) in [6, 6.07) is 7.50. The van der Waals surface area contributed by atoms with Gasteiger partial charge < -0.3 is 14.6 Å². The first-order valence-electron chi connectivity index (χ1n) is 7.30. The molecule has 0 amide bonds. The van der Waals surface area contributed by atoms with Crippen LogP contribution in [0.15, 0.2) is 30.8 Å². The molecule has 0 spiro atoms. The Labute approximate surface area is 131 Å². The lowest BCUT2D eigenvalue weighted by atomic mass is 10.0. The molecule has 0 aliphatic carbocycles. The summed E-state index contributed by atoms with van der Waals surface area (Å²) >= 11 is 0. The summed E-state index contributed by atoms with van der Waals surface area (Å²) in [5.74, 6) is -0.0805. The Morgan fingerprint density at radius 2 is 2.18 bits per heavy atom. The van der Waals surface area contributed by atoms with Gasteiger partial charge >= 0.3 is 0 Å². The van der Waals surface area contributed by atoms with Gasteiger partial charge in [-0.15, -0.1) is 0 Å². The highest BCUT2D eigenvalue weighted by atomic mass is 17.2. The van der Waals surface area contributed by atoms with Gasteiger partial charge in [0, 0.05) is 0 Å². The van der Waals surface area contributed by atoms with Gasteiger partial charge in [0.15, 0.2) is 5.79 Å². The molecule has 122 valence electrons. The van der Waals surface area contributed by atoms with Gasteiger partial charge in [0.2, 0.25) is 0 Å². The lowest BCUT2D eigenvalue weighted by Gasteiger charge is -2.34. The lowest BCUT2D eigenvalue weighted by Crippen LogP contribution is -2.40. The average molecular weight is 308 g/mol. The van der Waals surface area contributed by atoms with Crippen LogP contribution in [0.1, 0.15) is 33.3 Å². The molecule has 0 saturated carbocycles. The number of hydrogen-bond acceptors (Lipinski definition) is 5. The number of rotatable bonds is 5. The smallest absolute Gasteiger partial charge is 0.196 e. The molecule has 1 heterocycles. The van der Waals surface area contributed by atoms with Gasteiger partial charge in [-0.2, -0.15) is 0 Å². The first kappa shape index (κ1) is 17.0. The van der Waals surface area contributed by atoms with E-state index in [2.05, 4.69) is 6.58 Å². The van der Waals surface area contributed by atoms with Crippen molar-refractivity contribution >= 4 is 5.57 Å². The van der Waals surface area contributed by atoms with Gasteiger partial charge in [-0.3, -0.25) is 0 Å². The van der Waals surface area contributed by atoms with Gasteiger partial charge in [0.05, 0.1) is 13.2 Å². The number of benzene rings is 1. The van der Waals surface area contributed by atoms with E-state index in [0.29, 0.717) is 12.4 Å². The van der Waals surface area contributed by atoms with Crippen molar-refractivity contribution in [3.63, 3.8) is 0 Å². The van der Waals surface area contributed by atoms with Crippen molar-refractivity contribution in [2.45, 2.75) is 45.2 Å². The molecule has 1 unspecified atom stereocenters. The number of aliphatic hydroxyl groups excluding tert-OH is 1. The minimum Gasteiger partial charge on any atom is -0.485 e. The topological polar surface area (TPSA) is 57.2 Å². The van der Waals surface area contributed by atoms with Crippen LogP contribution in [0.5, 0.6) is 5.75 Å². The van der Waals surface area contributed by atoms with E-state index in [0.717, 1.165) is 11.1 Å². The van der Waals surface area contributed by atoms with Crippen molar-refractivity contribution in [2.75, 3.05) is 13.2 Å². The monoisotopic (exact) mass is 308 g/mol. The molecular weight excluding hydrogens is 284 g/mol. The SMILES string of the molecule is C=C(c1cccc(OC(C)(C)CO)c1)C1COC(C)(C)OO1. The van der Waals surface area contributed by atoms with Gasteiger partial charge in [-0.05, 0) is 51.0 Å². The Balaban J connectivity index is 2.08. The van der Waals surface area contributed by atoms with Crippen molar-refractivity contribution < 1.29 is 24.4 Å². The Morgan fingerprint density at radius 1 is 1.45 bits per heavy atom. The summed E-state index contributed by atoms with van der Waals surface area (Å²) in [6.07, 6.45) is -0.367. The van der Waals surface area contributed by atoms with E-state index in [-0.39, 0.29) is 12.7 Å². The maximum atomic E-state index is 9.29. The quantitative estimate of drug-likeness (QED) is 0.848. The normalized spacial score (nSPS) is 21.4. The molecule has 0 radical (unpaired) electrons. The van der Waals surface area contributed by atoms with Crippen LogP contribution < -0.4 is 4.74 Å². The average Bonchev–Trinajstić information content (AvgIpc) is 2.46. The van der Waals surface area contributed by atoms with Crippen LogP contribution in [0.2, 0.25) is 0 Å². The predicted octanol–water partition coefficient (Wildman–Crippen LogP) is 2.93. The second-order valence-corrected chi connectivity index (χ2v) is 6.45. The minimum absolute atomic E-state index is 0.0688. The van der Waals surface area contributed by atoms with Crippen molar-refractivity contribution in [1.82, 2.24) is 0 Å². The fraction of sp³-hybridized carbons (Fsp3) is 0.529. The number of ether oxygens (including phenoxy) is 2. The molecule has 1 aliphatic rings. The van der Waals surface area contributed by atoms with Crippen molar-refractivity contribution in [2.24, 2.45) is 0 Å². The standard InChI is InChI=1S/C17H24O5/c1-12(15-10-19-17(4,5)22-21-15)13-7-6-8-14(9-13)20-16(2,3)11-18/h6-9,15,18H,1,10-11H2,2-5H3. The highest BCUT2D eigenvalue weighted by Gasteiger charge is 2.32. The van der Waals surface area contributed by atoms with E-state index < -0.39 is 11.4 Å². The first-order chi connectivity index (χ1) is 10.2. The Kier molecular flexibility index (Phi) is 4.92. The third kappa shape index (κ3) is 4.30. The molecule has 1 saturated heterocycles. The molecule has 1 aromatic rings. The molecule has 1 aromatic carbocycles. The van der Waals surface area contributed by atoms with Crippen molar-refractivity contribution in [3.8, 4) is 5.75 Å². The molecule has 0 aromatic heterocycles. The Hall–Kier alpha value is -1.40. The van der Waals surface area contributed by atoms with E-state index in [1.807, 2.05) is 38.1 Å². The molecule has 5 nitrogen and oxygen atoms in total. The molecule has 1 atom stereocenters. The summed E-state index contributed by atoms with van der Waals surface area (Å²) in [6.45, 7) is 11.6. The Morgan fingerprint density at radius 3 is 2.77 bits per heavy atom. The third-order valence-electron chi connectivity index (χ3n) is 3.32. The molecule has 5 heteroatoms. The van der Waals surface area contributed by atoms with Gasteiger partial charge in [-0.25, -0.2) is 9.78 Å². The van der Waals surface area contributed by atoms with E-state index >= 15 is 0 Å². The van der Waals surface area contributed by atoms with E-state index in [1.54, 1.807) is 13.8 Å². The van der Waals surface area contributed by atoms with Gasteiger partial charge in [0.1, 0.15) is 17.5 Å². The molecular formula is C17H24O5. The second kappa shape index (κ2) is 6.38. The zero-order valence-corrected chi connectivity index (χ0v) is 13.6. The van der Waals surface area contributed by atoms with Gasteiger partial charge in [0.25, 0.3) is 0 Å². The van der Waals surface area contributed by atoms with E-state index in [4.69, 9.17) is 19.2 Å². The summed E-state index contributed by atoms with van der Waals surface area (Å²) in [5, 5.41) is 9.29. The zero-order chi connectivity index (χ0) is 16.4. The molecule has 1 aliphatic heterocycles. The maximum absolute atomic E-state index is 9.29. The van der Waals surface area contributed by atoms with Crippen LogP contribution in [0, 0.1) is 0 Å². The molecule has 1 N–H and O–H groups in total. The van der Waals surface area contributed by atoms with Crippen LogP contribution in [-0.4, -0.2) is 35.8 Å². The molecule has 0 bridgehead atoms.